The van der Waals surface area contributed by atoms with Gasteiger partial charge in [-0.05, 0) is 43.5 Å². The summed E-state index contributed by atoms with van der Waals surface area (Å²) in [5.74, 6) is -1.49. The van der Waals surface area contributed by atoms with E-state index in [1.165, 1.54) is 41.9 Å². The van der Waals surface area contributed by atoms with Crippen molar-refractivity contribution < 1.29 is 14.7 Å². The molecule has 0 radical (unpaired) electrons. The second-order valence-electron chi connectivity index (χ2n) is 6.90. The molecule has 2 rings (SSSR count). The number of carbonyl (C=O) groups is 2. The fourth-order valence-electron chi connectivity index (χ4n) is 3.01. The highest BCUT2D eigenvalue weighted by atomic mass is 32.2. The van der Waals surface area contributed by atoms with Gasteiger partial charge in [0.15, 0.2) is 0 Å². The standard InChI is InChI=1S/C19H28N2O3S/c1-13-11-16(25-15-7-5-4-6-8-15)9-10-17(13)20-19(24)21(3)12-14(2)18(22)23/h9-11,14-15H,4-8,12H2,1-3H3,(H,20,24)(H,22,23). The van der Waals surface area contributed by atoms with Crippen LogP contribution < -0.4 is 5.32 Å². The highest BCUT2D eigenvalue weighted by Gasteiger charge is 2.18. The number of rotatable bonds is 6. The van der Waals surface area contributed by atoms with Crippen LogP contribution in [-0.2, 0) is 4.79 Å². The van der Waals surface area contributed by atoms with E-state index in [9.17, 15) is 9.59 Å². The van der Waals surface area contributed by atoms with Crippen LogP contribution in [0, 0.1) is 12.8 Å². The Kier molecular flexibility index (Phi) is 7.17. The highest BCUT2D eigenvalue weighted by Crippen LogP contribution is 2.34. The van der Waals surface area contributed by atoms with Crippen molar-refractivity contribution in [2.24, 2.45) is 5.92 Å². The lowest BCUT2D eigenvalue weighted by Crippen LogP contribution is -2.36. The summed E-state index contributed by atoms with van der Waals surface area (Å²) in [5, 5.41) is 12.5. The fraction of sp³-hybridized carbons (Fsp3) is 0.579. The number of carbonyl (C=O) groups excluding carboxylic acids is 1. The number of aryl methyl sites for hydroxylation is 1. The summed E-state index contributed by atoms with van der Waals surface area (Å²) in [6, 6.07) is 5.83. The lowest BCUT2D eigenvalue weighted by atomic mass is 10.0. The molecule has 5 nitrogen and oxygen atoms in total. The molecule has 1 aliphatic rings. The summed E-state index contributed by atoms with van der Waals surface area (Å²) >= 11 is 1.94. The molecule has 25 heavy (non-hydrogen) atoms. The Morgan fingerprint density at radius 3 is 2.60 bits per heavy atom. The van der Waals surface area contributed by atoms with E-state index >= 15 is 0 Å². The molecule has 0 aliphatic heterocycles. The number of hydrogen-bond acceptors (Lipinski definition) is 3. The molecule has 138 valence electrons. The Morgan fingerprint density at radius 1 is 1.32 bits per heavy atom. The van der Waals surface area contributed by atoms with E-state index in [2.05, 4.69) is 17.4 Å². The zero-order valence-corrected chi connectivity index (χ0v) is 16.1. The van der Waals surface area contributed by atoms with Gasteiger partial charge in [-0.2, -0.15) is 0 Å². The Balaban J connectivity index is 1.93. The van der Waals surface area contributed by atoms with Gasteiger partial charge in [0.05, 0.1) is 5.92 Å². The third-order valence-electron chi connectivity index (χ3n) is 4.61. The number of carboxylic acids is 1. The smallest absolute Gasteiger partial charge is 0.321 e. The Hall–Kier alpha value is -1.69. The average Bonchev–Trinajstić information content (AvgIpc) is 2.58. The highest BCUT2D eigenvalue weighted by molar-refractivity contribution is 8.00. The SMILES string of the molecule is Cc1cc(SC2CCCCC2)ccc1NC(=O)N(C)CC(C)C(=O)O. The zero-order chi connectivity index (χ0) is 18.4. The van der Waals surface area contributed by atoms with Crippen molar-refractivity contribution in [3.05, 3.63) is 23.8 Å². The lowest BCUT2D eigenvalue weighted by molar-refractivity contribution is -0.141. The molecule has 1 fully saturated rings. The number of nitrogens with zero attached hydrogens (tertiary/aromatic N) is 1. The first-order chi connectivity index (χ1) is 11.9. The molecule has 1 atom stereocenters. The van der Waals surface area contributed by atoms with Gasteiger partial charge in [0.2, 0.25) is 0 Å². The van der Waals surface area contributed by atoms with Gasteiger partial charge in [-0.1, -0.05) is 26.2 Å². The van der Waals surface area contributed by atoms with Crippen LogP contribution in [-0.4, -0.2) is 40.8 Å². The molecule has 1 aromatic carbocycles. The van der Waals surface area contributed by atoms with E-state index in [-0.39, 0.29) is 12.6 Å². The van der Waals surface area contributed by atoms with Gasteiger partial charge >= 0.3 is 12.0 Å². The molecule has 0 bridgehead atoms. The Bertz CT molecular complexity index is 615. The van der Waals surface area contributed by atoms with Gasteiger partial charge in [0.1, 0.15) is 0 Å². The largest absolute Gasteiger partial charge is 0.481 e. The van der Waals surface area contributed by atoms with Crippen molar-refractivity contribution in [1.29, 1.82) is 0 Å². The number of amides is 2. The second-order valence-corrected chi connectivity index (χ2v) is 8.28. The summed E-state index contributed by atoms with van der Waals surface area (Å²) < 4.78 is 0. The number of nitrogens with one attached hydrogen (secondary N) is 1. The Labute approximate surface area is 154 Å². The third kappa shape index (κ3) is 5.96. The van der Waals surface area contributed by atoms with Gasteiger partial charge in [0, 0.05) is 29.4 Å². The van der Waals surface area contributed by atoms with E-state index in [1.54, 1.807) is 14.0 Å². The molecule has 2 amide bonds. The van der Waals surface area contributed by atoms with Gasteiger partial charge < -0.3 is 15.3 Å². The molecule has 0 saturated heterocycles. The maximum atomic E-state index is 12.2. The molecule has 6 heteroatoms. The minimum absolute atomic E-state index is 0.176. The molecule has 2 N–H and O–H groups in total. The summed E-state index contributed by atoms with van der Waals surface area (Å²) in [7, 11) is 1.61. The molecule has 1 aliphatic carbocycles. The van der Waals surface area contributed by atoms with Crippen LogP contribution in [0.1, 0.15) is 44.6 Å². The summed E-state index contributed by atoms with van der Waals surface area (Å²) in [6.07, 6.45) is 6.58. The van der Waals surface area contributed by atoms with Crippen molar-refractivity contribution in [3.63, 3.8) is 0 Å². The first kappa shape index (κ1) is 19.6. The number of carboxylic acid groups (broad SMARTS) is 1. The molecule has 0 aromatic heterocycles. The van der Waals surface area contributed by atoms with Crippen LogP contribution in [0.3, 0.4) is 0 Å². The predicted octanol–water partition coefficient (Wildman–Crippen LogP) is 4.60. The van der Waals surface area contributed by atoms with Gasteiger partial charge in [-0.3, -0.25) is 4.79 Å². The normalized spacial score (nSPS) is 16.3. The summed E-state index contributed by atoms with van der Waals surface area (Å²) in [4.78, 5) is 25.8. The number of aliphatic carboxylic acids is 1. The molecular formula is C19H28N2O3S. The number of hydrogen-bond donors (Lipinski definition) is 2. The molecule has 1 unspecified atom stereocenters. The van der Waals surface area contributed by atoms with Crippen molar-refractivity contribution >= 4 is 29.4 Å². The van der Waals surface area contributed by atoms with E-state index in [0.29, 0.717) is 5.25 Å². The average molecular weight is 365 g/mol. The Morgan fingerprint density at radius 2 is 2.00 bits per heavy atom. The van der Waals surface area contributed by atoms with Gasteiger partial charge in [-0.25, -0.2) is 4.79 Å². The van der Waals surface area contributed by atoms with Crippen molar-refractivity contribution in [2.45, 2.75) is 56.1 Å². The topological polar surface area (TPSA) is 69.6 Å². The minimum atomic E-state index is -0.903. The minimum Gasteiger partial charge on any atom is -0.481 e. The molecule has 0 spiro atoms. The van der Waals surface area contributed by atoms with Crippen LogP contribution in [0.4, 0.5) is 10.5 Å². The zero-order valence-electron chi connectivity index (χ0n) is 15.2. The first-order valence-electron chi connectivity index (χ1n) is 8.89. The van der Waals surface area contributed by atoms with Crippen LogP contribution >= 0.6 is 11.8 Å². The summed E-state index contributed by atoms with van der Waals surface area (Å²) in [6.45, 7) is 3.75. The number of thioether (sulfide) groups is 1. The van der Waals surface area contributed by atoms with Crippen molar-refractivity contribution in [3.8, 4) is 0 Å². The number of urea groups is 1. The predicted molar refractivity (Wildman–Crippen MR) is 102 cm³/mol. The van der Waals surface area contributed by atoms with Crippen LogP contribution in [0.25, 0.3) is 0 Å². The molecular weight excluding hydrogens is 336 g/mol. The maximum absolute atomic E-state index is 12.2. The molecule has 1 aromatic rings. The van der Waals surface area contributed by atoms with Crippen molar-refractivity contribution in [2.75, 3.05) is 18.9 Å². The van der Waals surface area contributed by atoms with Gasteiger partial charge in [-0.15, -0.1) is 11.8 Å². The first-order valence-corrected chi connectivity index (χ1v) is 9.77. The summed E-state index contributed by atoms with van der Waals surface area (Å²) in [5.41, 5.74) is 1.79. The van der Waals surface area contributed by atoms with E-state index in [0.717, 1.165) is 11.3 Å². The molecule has 1 saturated carbocycles. The quantitative estimate of drug-likeness (QED) is 0.774. The number of benzene rings is 1. The van der Waals surface area contributed by atoms with E-state index in [4.69, 9.17) is 5.11 Å². The molecule has 0 heterocycles. The van der Waals surface area contributed by atoms with E-state index in [1.807, 2.05) is 24.8 Å². The second kappa shape index (κ2) is 9.13. The number of anilines is 1. The van der Waals surface area contributed by atoms with Crippen LogP contribution in [0.2, 0.25) is 0 Å². The van der Waals surface area contributed by atoms with Crippen LogP contribution in [0.5, 0.6) is 0 Å². The van der Waals surface area contributed by atoms with Gasteiger partial charge in [0.25, 0.3) is 0 Å². The fourth-order valence-corrected chi connectivity index (χ4v) is 4.35. The monoisotopic (exact) mass is 364 g/mol. The van der Waals surface area contributed by atoms with E-state index < -0.39 is 11.9 Å². The third-order valence-corrected chi connectivity index (χ3v) is 5.94. The van der Waals surface area contributed by atoms with Crippen molar-refractivity contribution in [1.82, 2.24) is 4.90 Å². The lowest BCUT2D eigenvalue weighted by Gasteiger charge is -2.22. The maximum Gasteiger partial charge on any atom is 0.321 e. The van der Waals surface area contributed by atoms with Crippen LogP contribution in [0.15, 0.2) is 23.1 Å².